The summed E-state index contributed by atoms with van der Waals surface area (Å²) in [5, 5.41) is 12.5. The van der Waals surface area contributed by atoms with Crippen LogP contribution in [0.1, 0.15) is 50.7 Å². The first-order valence-corrected chi connectivity index (χ1v) is 11.7. The van der Waals surface area contributed by atoms with Gasteiger partial charge in [0.2, 0.25) is 5.91 Å². The molecular weight excluding hydrogens is 432 g/mol. The summed E-state index contributed by atoms with van der Waals surface area (Å²) < 4.78 is 5.57. The summed E-state index contributed by atoms with van der Waals surface area (Å²) >= 11 is 0. The highest BCUT2D eigenvalue weighted by Gasteiger charge is 2.69. The average molecular weight is 463 g/mol. The zero-order valence-corrected chi connectivity index (χ0v) is 19.8. The molecule has 178 valence electrons. The Kier molecular flexibility index (Phi) is 5.01. The van der Waals surface area contributed by atoms with Gasteiger partial charge in [-0.15, -0.1) is 0 Å². The van der Waals surface area contributed by atoms with E-state index in [9.17, 15) is 19.5 Å². The monoisotopic (exact) mass is 462 g/mol. The second kappa shape index (κ2) is 7.58. The van der Waals surface area contributed by atoms with E-state index in [0.717, 1.165) is 22.3 Å². The highest BCUT2D eigenvalue weighted by Crippen LogP contribution is 2.60. The van der Waals surface area contributed by atoms with Gasteiger partial charge in [0.25, 0.3) is 0 Å². The van der Waals surface area contributed by atoms with E-state index in [-0.39, 0.29) is 30.4 Å². The van der Waals surface area contributed by atoms with Crippen molar-refractivity contribution in [1.29, 1.82) is 0 Å². The fourth-order valence-electron chi connectivity index (χ4n) is 6.11. The smallest absolute Gasteiger partial charge is 0.407 e. The second-order valence-corrected chi connectivity index (χ2v) is 11.0. The van der Waals surface area contributed by atoms with Crippen LogP contribution in [0.5, 0.6) is 0 Å². The Morgan fingerprint density at radius 3 is 2.18 bits per heavy atom. The van der Waals surface area contributed by atoms with E-state index in [1.165, 1.54) is 4.90 Å². The summed E-state index contributed by atoms with van der Waals surface area (Å²) in [6.07, 6.45) is 0.377. The van der Waals surface area contributed by atoms with Crippen LogP contribution in [0.2, 0.25) is 0 Å². The molecule has 1 saturated carbocycles. The summed E-state index contributed by atoms with van der Waals surface area (Å²) in [5.74, 6) is -1.24. The maximum Gasteiger partial charge on any atom is 0.407 e. The molecule has 2 aliphatic carbocycles. The number of aliphatic carboxylic acids is 1. The number of hydrogen-bond donors (Lipinski definition) is 2. The third-order valence-electron chi connectivity index (χ3n) is 7.74. The molecule has 2 bridgehead atoms. The Bertz CT molecular complexity index is 1140. The molecule has 0 unspecified atom stereocenters. The maximum absolute atomic E-state index is 13.3. The van der Waals surface area contributed by atoms with E-state index < -0.39 is 23.0 Å². The molecule has 0 radical (unpaired) electrons. The SMILES string of the molecule is CC12CN(C(=O)C(C)(C)CNC(=O)OCC3c4ccccc4-c4ccccc43)C(C(=O)O)(C1)C2. The molecular formula is C27H30N2O5. The molecule has 7 nitrogen and oxygen atoms in total. The topological polar surface area (TPSA) is 95.9 Å². The van der Waals surface area contributed by atoms with Crippen molar-refractivity contribution in [1.82, 2.24) is 10.2 Å². The molecule has 6 rings (SSSR count). The Morgan fingerprint density at radius 1 is 1.06 bits per heavy atom. The van der Waals surface area contributed by atoms with Crippen LogP contribution < -0.4 is 5.32 Å². The lowest BCUT2D eigenvalue weighted by molar-refractivity contribution is -0.163. The average Bonchev–Trinajstić information content (AvgIpc) is 3.39. The normalized spacial score (nSPS) is 24.7. The molecule has 2 aromatic rings. The van der Waals surface area contributed by atoms with Gasteiger partial charge in [0.1, 0.15) is 12.1 Å². The third kappa shape index (κ3) is 3.37. The molecule has 2 N–H and O–H groups in total. The van der Waals surface area contributed by atoms with Crippen LogP contribution >= 0.6 is 0 Å². The number of fused-ring (bicyclic) bond motifs is 4. The Hall–Kier alpha value is -3.35. The Morgan fingerprint density at radius 2 is 1.62 bits per heavy atom. The van der Waals surface area contributed by atoms with Gasteiger partial charge in [-0.2, -0.15) is 0 Å². The second-order valence-electron chi connectivity index (χ2n) is 11.0. The Labute approximate surface area is 199 Å². The van der Waals surface area contributed by atoms with E-state index >= 15 is 0 Å². The van der Waals surface area contributed by atoms with E-state index in [2.05, 4.69) is 29.6 Å². The van der Waals surface area contributed by atoms with Crippen molar-refractivity contribution in [2.24, 2.45) is 10.8 Å². The van der Waals surface area contributed by atoms with Gasteiger partial charge in [-0.05, 0) is 54.4 Å². The highest BCUT2D eigenvalue weighted by atomic mass is 16.5. The largest absolute Gasteiger partial charge is 0.479 e. The van der Waals surface area contributed by atoms with Crippen LogP contribution in [0.15, 0.2) is 48.5 Å². The number of carboxylic acids is 1. The summed E-state index contributed by atoms with van der Waals surface area (Å²) in [6.45, 7) is 6.17. The molecule has 34 heavy (non-hydrogen) atoms. The minimum Gasteiger partial charge on any atom is -0.479 e. The number of alkyl carbamates (subject to hydrolysis) is 1. The van der Waals surface area contributed by atoms with Crippen molar-refractivity contribution in [2.45, 2.75) is 45.1 Å². The number of nitrogens with zero attached hydrogens (tertiary/aromatic N) is 1. The molecule has 3 fully saturated rings. The molecule has 7 heteroatoms. The number of nitrogens with one attached hydrogen (secondary N) is 1. The van der Waals surface area contributed by atoms with Crippen LogP contribution in [-0.2, 0) is 14.3 Å². The van der Waals surface area contributed by atoms with Crippen molar-refractivity contribution in [3.05, 3.63) is 59.7 Å². The third-order valence-corrected chi connectivity index (χ3v) is 7.74. The fourth-order valence-corrected chi connectivity index (χ4v) is 6.11. The summed E-state index contributed by atoms with van der Waals surface area (Å²) in [6, 6.07) is 16.3. The van der Waals surface area contributed by atoms with Crippen molar-refractivity contribution < 1.29 is 24.2 Å². The van der Waals surface area contributed by atoms with Crippen LogP contribution in [-0.4, -0.2) is 53.2 Å². The first-order valence-electron chi connectivity index (χ1n) is 11.7. The number of amides is 2. The standard InChI is InChI=1S/C27H30N2O5/c1-25(2,22(30)29-16-26(3)13-27(29,14-26)23(31)32)15-28-24(33)34-12-21-19-10-6-4-8-17(19)18-9-5-7-11-20(18)21/h4-11,21H,12-16H2,1-3H3,(H,28,33)(H,31,32). The van der Waals surface area contributed by atoms with Crippen LogP contribution in [0, 0.1) is 10.8 Å². The van der Waals surface area contributed by atoms with Gasteiger partial charge in [-0.1, -0.05) is 55.5 Å². The van der Waals surface area contributed by atoms with Crippen LogP contribution in [0.4, 0.5) is 4.79 Å². The number of carboxylic acid groups (broad SMARTS) is 1. The number of ether oxygens (including phenoxy) is 1. The lowest BCUT2D eigenvalue weighted by Crippen LogP contribution is -2.59. The summed E-state index contributed by atoms with van der Waals surface area (Å²) in [4.78, 5) is 39.3. The van der Waals surface area contributed by atoms with E-state index in [1.54, 1.807) is 13.8 Å². The zero-order valence-electron chi connectivity index (χ0n) is 19.8. The summed E-state index contributed by atoms with van der Waals surface area (Å²) in [7, 11) is 0. The molecule has 4 aliphatic rings. The van der Waals surface area contributed by atoms with Gasteiger partial charge >= 0.3 is 12.1 Å². The van der Waals surface area contributed by atoms with Gasteiger partial charge in [0, 0.05) is 19.0 Å². The van der Waals surface area contributed by atoms with Gasteiger partial charge in [-0.3, -0.25) is 4.79 Å². The number of hydrogen-bond acceptors (Lipinski definition) is 4. The molecule has 2 heterocycles. The first kappa shape index (κ1) is 22.4. The molecule has 2 aromatic carbocycles. The Balaban J connectivity index is 1.21. The van der Waals surface area contributed by atoms with Crippen LogP contribution in [0.25, 0.3) is 11.1 Å². The first-order chi connectivity index (χ1) is 16.1. The molecule has 0 atom stereocenters. The zero-order chi connectivity index (χ0) is 24.3. The minimum atomic E-state index is -1.10. The van der Waals surface area contributed by atoms with Gasteiger partial charge in [-0.25, -0.2) is 9.59 Å². The minimum absolute atomic E-state index is 0.0413. The van der Waals surface area contributed by atoms with Gasteiger partial charge in [0.15, 0.2) is 0 Å². The maximum atomic E-state index is 13.3. The van der Waals surface area contributed by atoms with E-state index in [4.69, 9.17) is 4.74 Å². The number of carbonyl (C=O) groups is 3. The number of rotatable bonds is 6. The van der Waals surface area contributed by atoms with Crippen molar-refractivity contribution in [3.63, 3.8) is 0 Å². The molecule has 0 aromatic heterocycles. The van der Waals surface area contributed by atoms with Crippen molar-refractivity contribution in [3.8, 4) is 11.1 Å². The van der Waals surface area contributed by atoms with Crippen molar-refractivity contribution in [2.75, 3.05) is 19.7 Å². The van der Waals surface area contributed by atoms with Gasteiger partial charge < -0.3 is 20.1 Å². The van der Waals surface area contributed by atoms with E-state index in [1.807, 2.05) is 31.2 Å². The molecule has 0 spiro atoms. The number of carbonyl (C=O) groups excluding carboxylic acids is 2. The fraction of sp³-hybridized carbons (Fsp3) is 0.444. The molecule has 2 saturated heterocycles. The lowest BCUT2D eigenvalue weighted by Gasteiger charge is -2.43. The summed E-state index contributed by atoms with van der Waals surface area (Å²) in [5.41, 5.74) is 2.38. The predicted octanol–water partition coefficient (Wildman–Crippen LogP) is 4.02. The van der Waals surface area contributed by atoms with E-state index in [0.29, 0.717) is 19.4 Å². The highest BCUT2D eigenvalue weighted by molar-refractivity contribution is 5.92. The molecule has 2 aliphatic heterocycles. The van der Waals surface area contributed by atoms with Gasteiger partial charge in [0.05, 0.1) is 5.41 Å². The van der Waals surface area contributed by atoms with Crippen LogP contribution in [0.3, 0.4) is 0 Å². The number of benzene rings is 2. The quantitative estimate of drug-likeness (QED) is 0.676. The lowest BCUT2D eigenvalue weighted by atomic mass is 9.63. The predicted molar refractivity (Wildman–Crippen MR) is 126 cm³/mol. The van der Waals surface area contributed by atoms with Crippen molar-refractivity contribution >= 4 is 18.0 Å². The molecule has 2 amide bonds.